The van der Waals surface area contributed by atoms with Crippen LogP contribution in [0.2, 0.25) is 0 Å². The predicted octanol–water partition coefficient (Wildman–Crippen LogP) is 4.59. The van der Waals surface area contributed by atoms with Gasteiger partial charge in [0.05, 0.1) is 11.0 Å². The largest absolute Gasteiger partial charge is 0.338 e. The Morgan fingerprint density at radius 2 is 1.84 bits per heavy atom. The third-order valence-electron chi connectivity index (χ3n) is 3.30. The maximum atomic E-state index is 5.80. The third kappa shape index (κ3) is 2.24. The number of H-pyrrole nitrogens is 1. The smallest absolute Gasteiger partial charge is 0.138 e. The highest BCUT2D eigenvalue weighted by Gasteiger charge is 2.07. The Morgan fingerprint density at radius 3 is 2.53 bits per heavy atom. The number of hydrogen-bond acceptors (Lipinski definition) is 1. The molecule has 3 heteroatoms. The van der Waals surface area contributed by atoms with Crippen LogP contribution in [0.25, 0.3) is 22.4 Å². The molecule has 3 aromatic rings. The molecule has 0 aliphatic carbocycles. The lowest BCUT2D eigenvalue weighted by Gasteiger charge is -1.98. The van der Waals surface area contributed by atoms with E-state index in [0.717, 1.165) is 28.0 Å². The number of rotatable bonds is 2. The molecule has 19 heavy (non-hydrogen) atoms. The predicted molar refractivity (Wildman–Crippen MR) is 80.6 cm³/mol. The minimum absolute atomic E-state index is 0.540. The summed E-state index contributed by atoms with van der Waals surface area (Å²) in [6.45, 7) is 4.19. The molecule has 0 aliphatic rings. The minimum atomic E-state index is 0.540. The number of halogens is 1. The molecule has 0 aliphatic heterocycles. The molecule has 0 spiro atoms. The second-order valence-corrected chi connectivity index (χ2v) is 5.16. The second-order valence-electron chi connectivity index (χ2n) is 4.89. The Bertz CT molecular complexity index is 726. The molecule has 0 bridgehead atoms. The Balaban J connectivity index is 2.12. The molecule has 3 rings (SSSR count). The van der Waals surface area contributed by atoms with E-state index >= 15 is 0 Å². The first-order valence-corrected chi connectivity index (χ1v) is 6.83. The van der Waals surface area contributed by atoms with Gasteiger partial charge in [0.15, 0.2) is 0 Å². The lowest BCUT2D eigenvalue weighted by atomic mass is 10.1. The molecule has 1 aromatic heterocycles. The van der Waals surface area contributed by atoms with E-state index in [2.05, 4.69) is 43.1 Å². The fourth-order valence-electron chi connectivity index (χ4n) is 2.36. The molecule has 96 valence electrons. The Morgan fingerprint density at radius 1 is 1.11 bits per heavy atom. The number of nitrogens with one attached hydrogen (secondary N) is 1. The molecule has 1 N–H and O–H groups in total. The van der Waals surface area contributed by atoms with Crippen molar-refractivity contribution in [2.45, 2.75) is 19.7 Å². The SMILES string of the molecule is Cc1cc(C)c2nc(-c3ccc(CCl)cc3)[nH]c2c1. The van der Waals surface area contributed by atoms with Crippen molar-refractivity contribution in [2.75, 3.05) is 0 Å². The summed E-state index contributed by atoms with van der Waals surface area (Å²) in [5, 5.41) is 0. The van der Waals surface area contributed by atoms with Crippen LogP contribution in [0.5, 0.6) is 0 Å². The zero-order chi connectivity index (χ0) is 13.4. The summed E-state index contributed by atoms with van der Waals surface area (Å²) in [4.78, 5) is 8.08. The van der Waals surface area contributed by atoms with Crippen LogP contribution in [0.1, 0.15) is 16.7 Å². The topological polar surface area (TPSA) is 28.7 Å². The highest BCUT2D eigenvalue weighted by molar-refractivity contribution is 6.17. The van der Waals surface area contributed by atoms with Crippen molar-refractivity contribution in [2.24, 2.45) is 0 Å². The number of aromatic amines is 1. The van der Waals surface area contributed by atoms with E-state index < -0.39 is 0 Å². The summed E-state index contributed by atoms with van der Waals surface area (Å²) in [6, 6.07) is 12.5. The van der Waals surface area contributed by atoms with E-state index in [1.54, 1.807) is 0 Å². The van der Waals surface area contributed by atoms with Gasteiger partial charge in [-0.05, 0) is 36.6 Å². The van der Waals surface area contributed by atoms with Crippen molar-refractivity contribution in [3.63, 3.8) is 0 Å². The van der Waals surface area contributed by atoms with Crippen LogP contribution >= 0.6 is 11.6 Å². The average Bonchev–Trinajstić information content (AvgIpc) is 2.83. The van der Waals surface area contributed by atoms with Crippen molar-refractivity contribution in [1.29, 1.82) is 0 Å². The number of imidazole rings is 1. The van der Waals surface area contributed by atoms with Gasteiger partial charge in [0.25, 0.3) is 0 Å². The molecule has 2 nitrogen and oxygen atoms in total. The first kappa shape index (κ1) is 12.2. The van der Waals surface area contributed by atoms with Gasteiger partial charge in [0.2, 0.25) is 0 Å². The molecule has 0 saturated carbocycles. The number of nitrogens with zero attached hydrogens (tertiary/aromatic N) is 1. The van der Waals surface area contributed by atoms with Crippen molar-refractivity contribution in [3.05, 3.63) is 53.1 Å². The van der Waals surface area contributed by atoms with Gasteiger partial charge < -0.3 is 4.98 Å². The number of aromatic nitrogens is 2. The van der Waals surface area contributed by atoms with Crippen molar-refractivity contribution >= 4 is 22.6 Å². The highest BCUT2D eigenvalue weighted by atomic mass is 35.5. The van der Waals surface area contributed by atoms with Gasteiger partial charge in [0, 0.05) is 11.4 Å². The van der Waals surface area contributed by atoms with E-state index in [-0.39, 0.29) is 0 Å². The van der Waals surface area contributed by atoms with Crippen LogP contribution in [0, 0.1) is 13.8 Å². The van der Waals surface area contributed by atoms with Gasteiger partial charge in [-0.15, -0.1) is 11.6 Å². The van der Waals surface area contributed by atoms with Gasteiger partial charge in [-0.1, -0.05) is 30.3 Å². The molecule has 0 fully saturated rings. The fraction of sp³-hybridized carbons (Fsp3) is 0.188. The summed E-state index contributed by atoms with van der Waals surface area (Å²) < 4.78 is 0. The molecule has 0 radical (unpaired) electrons. The van der Waals surface area contributed by atoms with Crippen LogP contribution < -0.4 is 0 Å². The summed E-state index contributed by atoms with van der Waals surface area (Å²) in [5.74, 6) is 1.45. The van der Waals surface area contributed by atoms with Gasteiger partial charge in [0.1, 0.15) is 5.82 Å². The standard InChI is InChI=1S/C16H15ClN2/c1-10-7-11(2)15-14(8-10)18-16(19-15)13-5-3-12(9-17)4-6-13/h3-8H,9H2,1-2H3,(H,18,19). The second kappa shape index (κ2) is 4.71. The molecule has 0 amide bonds. The zero-order valence-electron chi connectivity index (χ0n) is 11.0. The third-order valence-corrected chi connectivity index (χ3v) is 3.61. The number of fused-ring (bicyclic) bond motifs is 1. The first-order chi connectivity index (χ1) is 9.17. The van der Waals surface area contributed by atoms with Crippen LogP contribution in [0.15, 0.2) is 36.4 Å². The van der Waals surface area contributed by atoms with Gasteiger partial charge in [-0.25, -0.2) is 4.98 Å². The summed E-state index contributed by atoms with van der Waals surface area (Å²) in [6.07, 6.45) is 0. The Hall–Kier alpha value is -1.80. The van der Waals surface area contributed by atoms with Gasteiger partial charge in [-0.2, -0.15) is 0 Å². The van der Waals surface area contributed by atoms with E-state index in [4.69, 9.17) is 16.6 Å². The van der Waals surface area contributed by atoms with Crippen molar-refractivity contribution in [1.82, 2.24) is 9.97 Å². The van der Waals surface area contributed by atoms with Crippen LogP contribution in [-0.2, 0) is 5.88 Å². The van der Waals surface area contributed by atoms with E-state index in [1.807, 2.05) is 12.1 Å². The maximum absolute atomic E-state index is 5.80. The number of alkyl halides is 1. The monoisotopic (exact) mass is 270 g/mol. The molecule has 2 aromatic carbocycles. The quantitative estimate of drug-likeness (QED) is 0.678. The van der Waals surface area contributed by atoms with E-state index in [1.165, 1.54) is 11.1 Å². The van der Waals surface area contributed by atoms with E-state index in [0.29, 0.717) is 5.88 Å². The summed E-state index contributed by atoms with van der Waals surface area (Å²) >= 11 is 5.80. The molecular formula is C16H15ClN2. The molecule has 0 atom stereocenters. The normalized spacial score (nSPS) is 11.1. The maximum Gasteiger partial charge on any atom is 0.138 e. The summed E-state index contributed by atoms with van der Waals surface area (Å²) in [7, 11) is 0. The van der Waals surface area contributed by atoms with Crippen LogP contribution in [-0.4, -0.2) is 9.97 Å². The summed E-state index contributed by atoms with van der Waals surface area (Å²) in [5.41, 5.74) is 6.79. The Kier molecular flexibility index (Phi) is 3.03. The zero-order valence-corrected chi connectivity index (χ0v) is 11.8. The first-order valence-electron chi connectivity index (χ1n) is 6.29. The molecular weight excluding hydrogens is 256 g/mol. The lowest BCUT2D eigenvalue weighted by molar-refractivity contribution is 1.32. The number of hydrogen-bond donors (Lipinski definition) is 1. The highest BCUT2D eigenvalue weighted by Crippen LogP contribution is 2.24. The van der Waals surface area contributed by atoms with E-state index in [9.17, 15) is 0 Å². The molecule has 0 unspecified atom stereocenters. The van der Waals surface area contributed by atoms with Gasteiger partial charge in [-0.3, -0.25) is 0 Å². The number of aryl methyl sites for hydroxylation is 2. The minimum Gasteiger partial charge on any atom is -0.338 e. The fourth-order valence-corrected chi connectivity index (χ4v) is 2.54. The van der Waals surface area contributed by atoms with Crippen molar-refractivity contribution < 1.29 is 0 Å². The van der Waals surface area contributed by atoms with Crippen LogP contribution in [0.4, 0.5) is 0 Å². The lowest BCUT2D eigenvalue weighted by Crippen LogP contribution is -1.82. The molecule has 1 heterocycles. The Labute approximate surface area is 117 Å². The number of benzene rings is 2. The van der Waals surface area contributed by atoms with Crippen LogP contribution in [0.3, 0.4) is 0 Å². The van der Waals surface area contributed by atoms with Crippen molar-refractivity contribution in [3.8, 4) is 11.4 Å². The van der Waals surface area contributed by atoms with Gasteiger partial charge >= 0.3 is 0 Å². The molecule has 0 saturated heterocycles. The average molecular weight is 271 g/mol.